The van der Waals surface area contributed by atoms with Crippen molar-refractivity contribution in [1.82, 2.24) is 30.3 Å². The van der Waals surface area contributed by atoms with Crippen LogP contribution < -0.4 is 16.2 Å². The van der Waals surface area contributed by atoms with Gasteiger partial charge in [-0.1, -0.05) is 5.16 Å². The van der Waals surface area contributed by atoms with Gasteiger partial charge in [-0.05, 0) is 47.5 Å². The van der Waals surface area contributed by atoms with Gasteiger partial charge in [0.25, 0.3) is 11.4 Å². The molecular weight excluding hydrogens is 360 g/mol. The Hall–Kier alpha value is -2.55. The Kier molecular flexibility index (Phi) is 5.38. The molecule has 152 valence electrons. The molecule has 0 bridgehead atoms. The number of nitrogens with one attached hydrogen (secondary N) is 2. The zero-order valence-corrected chi connectivity index (χ0v) is 17.1. The van der Waals surface area contributed by atoms with Gasteiger partial charge in [0.1, 0.15) is 5.56 Å². The Labute approximate surface area is 163 Å². The summed E-state index contributed by atoms with van der Waals surface area (Å²) >= 11 is 0. The van der Waals surface area contributed by atoms with Crippen molar-refractivity contribution in [3.05, 3.63) is 28.7 Å². The van der Waals surface area contributed by atoms with Gasteiger partial charge in [0.15, 0.2) is 5.82 Å². The number of hydrogen-bond donors (Lipinski definition) is 2. The van der Waals surface area contributed by atoms with Crippen molar-refractivity contribution in [2.75, 3.05) is 0 Å². The molecule has 0 aliphatic carbocycles. The maximum absolute atomic E-state index is 12.6. The standard InChI is InChI=1S/C19H28N6O3/c1-12-21-16(28-23-12)14-10-20-11-25(17(14)27)7-6-15(26)22-13-8-18(2,3)24-19(4,5)9-13/h10-11,13,24H,6-9H2,1-5H3,(H,22,26). The normalized spacial score (nSPS) is 18.8. The molecule has 0 saturated carbocycles. The van der Waals surface area contributed by atoms with Crippen molar-refractivity contribution in [1.29, 1.82) is 0 Å². The van der Waals surface area contributed by atoms with E-state index in [2.05, 4.69) is 53.5 Å². The minimum absolute atomic E-state index is 0.0446. The van der Waals surface area contributed by atoms with E-state index in [-0.39, 0.29) is 53.0 Å². The van der Waals surface area contributed by atoms with Crippen LogP contribution in [0.4, 0.5) is 0 Å². The van der Waals surface area contributed by atoms with E-state index in [1.807, 2.05) is 0 Å². The summed E-state index contributed by atoms with van der Waals surface area (Å²) < 4.78 is 6.45. The zero-order valence-electron chi connectivity index (χ0n) is 17.1. The maximum atomic E-state index is 12.6. The molecule has 1 aliphatic heterocycles. The second-order valence-corrected chi connectivity index (χ2v) is 8.77. The van der Waals surface area contributed by atoms with Crippen LogP contribution in [0.1, 0.15) is 52.8 Å². The van der Waals surface area contributed by atoms with E-state index in [9.17, 15) is 9.59 Å². The summed E-state index contributed by atoms with van der Waals surface area (Å²) in [7, 11) is 0. The lowest BCUT2D eigenvalue weighted by atomic mass is 9.79. The third-order valence-corrected chi connectivity index (χ3v) is 4.79. The smallest absolute Gasteiger partial charge is 0.266 e. The first-order valence-corrected chi connectivity index (χ1v) is 9.48. The largest absolute Gasteiger partial charge is 0.353 e. The van der Waals surface area contributed by atoms with Gasteiger partial charge in [-0.25, -0.2) is 4.98 Å². The van der Waals surface area contributed by atoms with Crippen LogP contribution in [0.25, 0.3) is 11.5 Å². The first-order chi connectivity index (χ1) is 13.0. The predicted molar refractivity (Wildman–Crippen MR) is 104 cm³/mol. The highest BCUT2D eigenvalue weighted by atomic mass is 16.5. The van der Waals surface area contributed by atoms with Crippen molar-refractivity contribution in [2.45, 2.75) is 77.5 Å². The fourth-order valence-electron chi connectivity index (χ4n) is 4.11. The molecule has 2 N–H and O–H groups in total. The van der Waals surface area contributed by atoms with Gasteiger partial charge in [0, 0.05) is 36.3 Å². The van der Waals surface area contributed by atoms with E-state index in [0.717, 1.165) is 12.8 Å². The van der Waals surface area contributed by atoms with E-state index in [0.29, 0.717) is 5.82 Å². The summed E-state index contributed by atoms with van der Waals surface area (Å²) in [6, 6.07) is 0.0984. The molecule has 0 spiro atoms. The van der Waals surface area contributed by atoms with Crippen LogP contribution in [-0.2, 0) is 11.3 Å². The molecule has 1 amide bonds. The van der Waals surface area contributed by atoms with Crippen LogP contribution in [-0.4, -0.2) is 42.7 Å². The van der Waals surface area contributed by atoms with Gasteiger partial charge < -0.3 is 15.2 Å². The molecule has 3 rings (SSSR count). The molecule has 2 aromatic rings. The molecule has 0 radical (unpaired) electrons. The van der Waals surface area contributed by atoms with Crippen LogP contribution in [0.15, 0.2) is 21.8 Å². The van der Waals surface area contributed by atoms with Gasteiger partial charge in [0.2, 0.25) is 5.91 Å². The molecule has 1 fully saturated rings. The molecular formula is C19H28N6O3. The SMILES string of the molecule is Cc1noc(-c2cncn(CCC(=O)NC3CC(C)(C)NC(C)(C)C3)c2=O)n1. The number of carbonyl (C=O) groups is 1. The second-order valence-electron chi connectivity index (χ2n) is 8.77. The van der Waals surface area contributed by atoms with Crippen molar-refractivity contribution >= 4 is 5.91 Å². The Morgan fingerprint density at radius 3 is 2.61 bits per heavy atom. The van der Waals surface area contributed by atoms with Crippen molar-refractivity contribution in [2.24, 2.45) is 0 Å². The quantitative estimate of drug-likeness (QED) is 0.796. The minimum atomic E-state index is -0.310. The number of amides is 1. The third-order valence-electron chi connectivity index (χ3n) is 4.79. The van der Waals surface area contributed by atoms with Crippen molar-refractivity contribution in [3.8, 4) is 11.5 Å². The minimum Gasteiger partial charge on any atom is -0.353 e. The van der Waals surface area contributed by atoms with Crippen LogP contribution in [0, 0.1) is 6.92 Å². The molecule has 0 atom stereocenters. The van der Waals surface area contributed by atoms with Crippen LogP contribution in [0.3, 0.4) is 0 Å². The highest BCUT2D eigenvalue weighted by Gasteiger charge is 2.38. The number of piperidine rings is 1. The molecule has 2 aromatic heterocycles. The topological polar surface area (TPSA) is 115 Å². The molecule has 0 aromatic carbocycles. The number of rotatable bonds is 5. The average Bonchev–Trinajstić information content (AvgIpc) is 2.97. The Morgan fingerprint density at radius 1 is 1.32 bits per heavy atom. The van der Waals surface area contributed by atoms with Crippen molar-refractivity contribution < 1.29 is 9.32 Å². The molecule has 28 heavy (non-hydrogen) atoms. The summed E-state index contributed by atoms with van der Waals surface area (Å²) in [5.74, 6) is 0.495. The van der Waals surface area contributed by atoms with Crippen LogP contribution >= 0.6 is 0 Å². The van der Waals surface area contributed by atoms with Crippen LogP contribution in [0.2, 0.25) is 0 Å². The number of aryl methyl sites for hydroxylation is 2. The summed E-state index contributed by atoms with van der Waals surface area (Å²) in [6.45, 7) is 10.5. The summed E-state index contributed by atoms with van der Waals surface area (Å²) in [5.41, 5.74) is -0.172. The van der Waals surface area contributed by atoms with Gasteiger partial charge in [-0.2, -0.15) is 4.98 Å². The molecule has 3 heterocycles. The number of aromatic nitrogens is 4. The lowest BCUT2D eigenvalue weighted by Crippen LogP contribution is -2.62. The van der Waals surface area contributed by atoms with E-state index in [1.54, 1.807) is 6.92 Å². The Bertz CT molecular complexity index is 898. The zero-order chi connectivity index (χ0) is 20.5. The molecule has 1 saturated heterocycles. The maximum Gasteiger partial charge on any atom is 0.266 e. The molecule has 1 aliphatic rings. The molecule has 0 unspecified atom stereocenters. The number of hydrogen-bond acceptors (Lipinski definition) is 7. The van der Waals surface area contributed by atoms with Gasteiger partial charge in [-0.3, -0.25) is 14.2 Å². The Morgan fingerprint density at radius 2 is 2.00 bits per heavy atom. The van der Waals surface area contributed by atoms with Crippen molar-refractivity contribution in [3.63, 3.8) is 0 Å². The van der Waals surface area contributed by atoms with Crippen LogP contribution in [0.5, 0.6) is 0 Å². The first-order valence-electron chi connectivity index (χ1n) is 9.48. The van der Waals surface area contributed by atoms with Gasteiger partial charge in [-0.15, -0.1) is 0 Å². The summed E-state index contributed by atoms with van der Waals surface area (Å²) in [4.78, 5) is 33.2. The summed E-state index contributed by atoms with van der Waals surface area (Å²) in [6.07, 6.45) is 4.72. The van der Waals surface area contributed by atoms with E-state index >= 15 is 0 Å². The van der Waals surface area contributed by atoms with E-state index < -0.39 is 0 Å². The Balaban J connectivity index is 1.63. The van der Waals surface area contributed by atoms with E-state index in [4.69, 9.17) is 4.52 Å². The highest BCUT2D eigenvalue weighted by molar-refractivity contribution is 5.76. The first kappa shape index (κ1) is 20.2. The van der Waals surface area contributed by atoms with Gasteiger partial charge >= 0.3 is 0 Å². The second kappa shape index (κ2) is 7.46. The third kappa shape index (κ3) is 4.83. The van der Waals surface area contributed by atoms with Gasteiger partial charge in [0.05, 0.1) is 6.33 Å². The number of carbonyl (C=O) groups excluding carboxylic acids is 1. The fraction of sp³-hybridized carbons (Fsp3) is 0.632. The monoisotopic (exact) mass is 388 g/mol. The molecule has 9 heteroatoms. The average molecular weight is 388 g/mol. The molecule has 9 nitrogen and oxygen atoms in total. The number of nitrogens with zero attached hydrogens (tertiary/aromatic N) is 4. The summed E-state index contributed by atoms with van der Waals surface area (Å²) in [5, 5.41) is 10.4. The predicted octanol–water partition coefficient (Wildman–Crippen LogP) is 1.42. The lowest BCUT2D eigenvalue weighted by Gasteiger charge is -2.46. The fourth-order valence-corrected chi connectivity index (χ4v) is 4.11. The lowest BCUT2D eigenvalue weighted by molar-refractivity contribution is -0.122. The van der Waals surface area contributed by atoms with E-state index in [1.165, 1.54) is 17.1 Å². The highest BCUT2D eigenvalue weighted by Crippen LogP contribution is 2.28.